The fourth-order valence-electron chi connectivity index (χ4n) is 2.83. The Balaban J connectivity index is 1.97. The van der Waals surface area contributed by atoms with Gasteiger partial charge in [-0.25, -0.2) is 4.79 Å². The van der Waals surface area contributed by atoms with Crippen molar-refractivity contribution in [2.24, 2.45) is 0 Å². The number of anilines is 1. The van der Waals surface area contributed by atoms with Gasteiger partial charge in [0.2, 0.25) is 5.91 Å². The molecule has 3 aromatic rings. The van der Waals surface area contributed by atoms with Crippen LogP contribution in [0.25, 0.3) is 21.8 Å². The van der Waals surface area contributed by atoms with Crippen molar-refractivity contribution in [2.75, 3.05) is 11.9 Å². The number of hydrogen-bond donors (Lipinski definition) is 3. The third kappa shape index (κ3) is 2.83. The Morgan fingerprint density at radius 1 is 1.09 bits per heavy atom. The number of nitrogens with zero attached hydrogens (tertiary/aromatic N) is 1. The number of carboxylic acid groups (broad SMARTS) is 1. The molecule has 2 aromatic carbocycles. The van der Waals surface area contributed by atoms with Crippen LogP contribution < -0.4 is 10.6 Å². The quantitative estimate of drug-likeness (QED) is 0.692. The summed E-state index contributed by atoms with van der Waals surface area (Å²) in [7, 11) is 0. The lowest BCUT2D eigenvalue weighted by molar-refractivity contribution is -0.115. The number of carbonyl (C=O) groups excluding carboxylic acids is 1. The van der Waals surface area contributed by atoms with Crippen LogP contribution in [0, 0.1) is 0 Å². The second-order valence-corrected chi connectivity index (χ2v) is 5.20. The zero-order valence-electron chi connectivity index (χ0n) is 12.7. The van der Waals surface area contributed by atoms with Crippen LogP contribution in [0.4, 0.5) is 10.5 Å². The summed E-state index contributed by atoms with van der Waals surface area (Å²) in [6.45, 7) is 2.68. The Hall–Kier alpha value is -3.02. The van der Waals surface area contributed by atoms with Crippen LogP contribution in [-0.2, 0) is 11.3 Å². The highest BCUT2D eigenvalue weighted by molar-refractivity contribution is 6.09. The van der Waals surface area contributed by atoms with Crippen LogP contribution in [0.1, 0.15) is 6.92 Å². The van der Waals surface area contributed by atoms with Crippen molar-refractivity contribution in [3.8, 4) is 0 Å². The Labute approximate surface area is 132 Å². The molecule has 23 heavy (non-hydrogen) atoms. The van der Waals surface area contributed by atoms with Gasteiger partial charge in [0.25, 0.3) is 0 Å². The van der Waals surface area contributed by atoms with E-state index in [1.165, 1.54) is 0 Å². The average Bonchev–Trinajstić information content (AvgIpc) is 2.86. The highest BCUT2D eigenvalue weighted by atomic mass is 16.4. The number of rotatable bonds is 4. The highest BCUT2D eigenvalue weighted by Crippen LogP contribution is 2.30. The van der Waals surface area contributed by atoms with E-state index in [1.54, 1.807) is 0 Å². The van der Waals surface area contributed by atoms with Crippen LogP contribution in [0.15, 0.2) is 42.5 Å². The summed E-state index contributed by atoms with van der Waals surface area (Å²) >= 11 is 0. The molecule has 0 bridgehead atoms. The molecule has 3 rings (SSSR count). The first-order valence-electron chi connectivity index (χ1n) is 7.37. The van der Waals surface area contributed by atoms with Gasteiger partial charge in [-0.3, -0.25) is 4.79 Å². The second-order valence-electron chi connectivity index (χ2n) is 5.20. The van der Waals surface area contributed by atoms with E-state index in [2.05, 4.69) is 28.9 Å². The van der Waals surface area contributed by atoms with E-state index in [0.29, 0.717) is 5.69 Å². The van der Waals surface area contributed by atoms with Gasteiger partial charge in [-0.05, 0) is 31.2 Å². The van der Waals surface area contributed by atoms with Gasteiger partial charge in [0.1, 0.15) is 6.54 Å². The predicted octanol–water partition coefficient (Wildman–Crippen LogP) is 3.02. The van der Waals surface area contributed by atoms with E-state index in [1.807, 2.05) is 35.6 Å². The lowest BCUT2D eigenvalue weighted by atomic mass is 10.1. The number of fused-ring (bicyclic) bond motifs is 3. The molecular weight excluding hydrogens is 294 g/mol. The smallest absolute Gasteiger partial charge is 0.405 e. The van der Waals surface area contributed by atoms with Gasteiger partial charge < -0.3 is 20.3 Å². The van der Waals surface area contributed by atoms with Gasteiger partial charge in [-0.1, -0.05) is 18.2 Å². The minimum atomic E-state index is -1.22. The van der Waals surface area contributed by atoms with Gasteiger partial charge in [-0.2, -0.15) is 0 Å². The molecule has 6 heteroatoms. The Morgan fingerprint density at radius 2 is 1.83 bits per heavy atom. The van der Waals surface area contributed by atoms with Gasteiger partial charge in [0.05, 0.1) is 0 Å². The number of aromatic nitrogens is 1. The van der Waals surface area contributed by atoms with Crippen LogP contribution >= 0.6 is 0 Å². The summed E-state index contributed by atoms with van der Waals surface area (Å²) < 4.78 is 2.22. The monoisotopic (exact) mass is 311 g/mol. The lowest BCUT2D eigenvalue weighted by Gasteiger charge is -2.06. The van der Waals surface area contributed by atoms with E-state index in [9.17, 15) is 9.59 Å². The third-order valence-corrected chi connectivity index (χ3v) is 3.77. The summed E-state index contributed by atoms with van der Waals surface area (Å²) in [6, 6.07) is 13.8. The number of aryl methyl sites for hydroxylation is 1. The lowest BCUT2D eigenvalue weighted by Crippen LogP contribution is -2.31. The Kier molecular flexibility index (Phi) is 3.89. The zero-order chi connectivity index (χ0) is 16.4. The number of benzene rings is 2. The number of nitrogens with one attached hydrogen (secondary N) is 2. The van der Waals surface area contributed by atoms with Crippen LogP contribution in [0.2, 0.25) is 0 Å². The molecule has 0 saturated heterocycles. The summed E-state index contributed by atoms with van der Waals surface area (Å²) in [5.74, 6) is -0.397. The van der Waals surface area contributed by atoms with Crippen molar-refractivity contribution in [1.29, 1.82) is 0 Å². The maximum atomic E-state index is 11.7. The van der Waals surface area contributed by atoms with Crippen molar-refractivity contribution in [3.05, 3.63) is 42.5 Å². The highest BCUT2D eigenvalue weighted by Gasteiger charge is 2.11. The second kappa shape index (κ2) is 6.00. The first-order valence-corrected chi connectivity index (χ1v) is 7.37. The van der Waals surface area contributed by atoms with Crippen molar-refractivity contribution in [1.82, 2.24) is 9.88 Å². The van der Waals surface area contributed by atoms with Crippen LogP contribution in [0.5, 0.6) is 0 Å². The normalized spacial score (nSPS) is 10.8. The largest absolute Gasteiger partial charge is 0.465 e. The summed E-state index contributed by atoms with van der Waals surface area (Å²) in [5.41, 5.74) is 2.91. The molecule has 0 unspecified atom stereocenters. The minimum Gasteiger partial charge on any atom is -0.465 e. The first-order chi connectivity index (χ1) is 11.1. The van der Waals surface area contributed by atoms with E-state index in [-0.39, 0.29) is 6.54 Å². The van der Waals surface area contributed by atoms with Gasteiger partial charge in [-0.15, -0.1) is 0 Å². The molecule has 0 aliphatic rings. The van der Waals surface area contributed by atoms with Gasteiger partial charge in [0, 0.05) is 34.0 Å². The fourth-order valence-corrected chi connectivity index (χ4v) is 2.83. The minimum absolute atomic E-state index is 0.274. The van der Waals surface area contributed by atoms with Crippen molar-refractivity contribution in [2.45, 2.75) is 13.5 Å². The summed E-state index contributed by atoms with van der Waals surface area (Å²) in [4.78, 5) is 22.2. The molecule has 2 amide bonds. The molecule has 0 aliphatic heterocycles. The van der Waals surface area contributed by atoms with E-state index >= 15 is 0 Å². The van der Waals surface area contributed by atoms with Crippen LogP contribution in [-0.4, -0.2) is 28.2 Å². The molecule has 1 aromatic heterocycles. The van der Waals surface area contributed by atoms with Crippen molar-refractivity contribution >= 4 is 39.5 Å². The van der Waals surface area contributed by atoms with Crippen molar-refractivity contribution < 1.29 is 14.7 Å². The van der Waals surface area contributed by atoms with Gasteiger partial charge in [0.15, 0.2) is 0 Å². The molecule has 0 fully saturated rings. The maximum Gasteiger partial charge on any atom is 0.405 e. The van der Waals surface area contributed by atoms with E-state index < -0.39 is 12.0 Å². The molecule has 6 nitrogen and oxygen atoms in total. The molecule has 0 aliphatic carbocycles. The maximum absolute atomic E-state index is 11.7. The Bertz CT molecular complexity index is 899. The topological polar surface area (TPSA) is 83.4 Å². The third-order valence-electron chi connectivity index (χ3n) is 3.77. The molecule has 0 spiro atoms. The first kappa shape index (κ1) is 14.9. The summed E-state index contributed by atoms with van der Waals surface area (Å²) in [5, 5.41) is 15.5. The molecular formula is C17H17N3O3. The molecule has 0 saturated carbocycles. The fraction of sp³-hybridized carbons (Fsp3) is 0.176. The number of para-hydroxylation sites is 1. The Morgan fingerprint density at radius 3 is 2.57 bits per heavy atom. The van der Waals surface area contributed by atoms with E-state index in [4.69, 9.17) is 5.11 Å². The predicted molar refractivity (Wildman–Crippen MR) is 89.8 cm³/mol. The number of hydrogen-bond acceptors (Lipinski definition) is 2. The van der Waals surface area contributed by atoms with Gasteiger partial charge >= 0.3 is 6.09 Å². The number of carbonyl (C=O) groups is 2. The number of amides is 2. The standard InChI is InChI=1S/C17H17N3O3/c1-2-20-14-6-4-3-5-12(14)13-9-11(7-8-15(13)20)19-16(21)10-18-17(22)23/h3-9,18H,2,10H2,1H3,(H,19,21)(H,22,23). The molecule has 0 atom stereocenters. The summed E-state index contributed by atoms with van der Waals surface area (Å²) in [6.07, 6.45) is -1.22. The van der Waals surface area contributed by atoms with Crippen LogP contribution in [0.3, 0.4) is 0 Å². The molecule has 0 radical (unpaired) electrons. The zero-order valence-corrected chi connectivity index (χ0v) is 12.7. The molecule has 3 N–H and O–H groups in total. The van der Waals surface area contributed by atoms with Crippen molar-refractivity contribution in [3.63, 3.8) is 0 Å². The molecule has 118 valence electrons. The van der Waals surface area contributed by atoms with E-state index in [0.717, 1.165) is 28.4 Å². The average molecular weight is 311 g/mol. The SMILES string of the molecule is CCn1c2ccccc2c2cc(NC(=O)CNC(=O)O)ccc21. The molecule has 1 heterocycles.